The van der Waals surface area contributed by atoms with Crippen LogP contribution in [0.25, 0.3) is 32.7 Å². The van der Waals surface area contributed by atoms with Gasteiger partial charge in [-0.2, -0.15) is 0 Å². The summed E-state index contributed by atoms with van der Waals surface area (Å²) in [4.78, 5) is 0. The molecule has 31 heavy (non-hydrogen) atoms. The Morgan fingerprint density at radius 3 is 2.03 bits per heavy atom. The van der Waals surface area contributed by atoms with Crippen LogP contribution in [0.2, 0.25) is 0 Å². The van der Waals surface area contributed by atoms with Crippen LogP contribution >= 0.6 is 0 Å². The van der Waals surface area contributed by atoms with Crippen molar-refractivity contribution >= 4 is 21.5 Å². The number of rotatable bonds is 5. The Kier molecular flexibility index (Phi) is 5.05. The minimum atomic E-state index is 0.513. The maximum Gasteiger partial charge on any atom is 0.128 e. The Labute approximate surface area is 182 Å². The number of ether oxygens (including phenoxy) is 2. The van der Waals surface area contributed by atoms with Crippen molar-refractivity contribution in [2.45, 2.75) is 13.5 Å². The van der Waals surface area contributed by atoms with E-state index in [0.29, 0.717) is 6.61 Å². The first kappa shape index (κ1) is 19.2. The molecular weight excluding hydrogens is 380 g/mol. The smallest absolute Gasteiger partial charge is 0.128 e. The van der Waals surface area contributed by atoms with Crippen molar-refractivity contribution in [2.75, 3.05) is 7.11 Å². The van der Waals surface area contributed by atoms with E-state index in [1.54, 1.807) is 7.11 Å². The van der Waals surface area contributed by atoms with E-state index in [4.69, 9.17) is 9.47 Å². The van der Waals surface area contributed by atoms with Gasteiger partial charge in [0.05, 0.1) is 7.11 Å². The van der Waals surface area contributed by atoms with Gasteiger partial charge in [0.25, 0.3) is 0 Å². The summed E-state index contributed by atoms with van der Waals surface area (Å²) in [6, 6.07) is 33.6. The third kappa shape index (κ3) is 3.51. The van der Waals surface area contributed by atoms with Crippen LogP contribution in [0.15, 0.2) is 97.1 Å². The van der Waals surface area contributed by atoms with Crippen LogP contribution in [0.1, 0.15) is 11.1 Å². The summed E-state index contributed by atoms with van der Waals surface area (Å²) in [5.41, 5.74) is 4.48. The SMILES string of the molecule is COc1ccc2ccccc2c1-c1c(OCc2ccccc2)cc(C)c2ccccc12. The number of benzene rings is 5. The number of hydrogen-bond acceptors (Lipinski definition) is 2. The summed E-state index contributed by atoms with van der Waals surface area (Å²) < 4.78 is 12.3. The molecule has 152 valence electrons. The van der Waals surface area contributed by atoms with Crippen LogP contribution in [0.5, 0.6) is 11.5 Å². The van der Waals surface area contributed by atoms with Crippen molar-refractivity contribution < 1.29 is 9.47 Å². The van der Waals surface area contributed by atoms with Crippen molar-refractivity contribution in [1.82, 2.24) is 0 Å². The summed E-state index contributed by atoms with van der Waals surface area (Å²) in [6.07, 6.45) is 0. The molecule has 0 bridgehead atoms. The molecule has 0 N–H and O–H groups in total. The predicted octanol–water partition coefficient (Wildman–Crippen LogP) is 7.56. The molecular formula is C29H24O2. The summed E-state index contributed by atoms with van der Waals surface area (Å²) in [5, 5.41) is 4.72. The molecule has 0 aliphatic rings. The van der Waals surface area contributed by atoms with Crippen molar-refractivity contribution in [1.29, 1.82) is 0 Å². The van der Waals surface area contributed by atoms with Gasteiger partial charge >= 0.3 is 0 Å². The van der Waals surface area contributed by atoms with Crippen LogP contribution in [-0.4, -0.2) is 7.11 Å². The van der Waals surface area contributed by atoms with Crippen molar-refractivity contribution in [3.05, 3.63) is 108 Å². The highest BCUT2D eigenvalue weighted by atomic mass is 16.5. The quantitative estimate of drug-likeness (QED) is 0.301. The van der Waals surface area contributed by atoms with Crippen molar-refractivity contribution in [3.63, 3.8) is 0 Å². The van der Waals surface area contributed by atoms with E-state index >= 15 is 0 Å². The zero-order valence-electron chi connectivity index (χ0n) is 17.8. The Morgan fingerprint density at radius 1 is 0.613 bits per heavy atom. The van der Waals surface area contributed by atoms with Gasteiger partial charge in [0.2, 0.25) is 0 Å². The molecule has 0 heterocycles. The van der Waals surface area contributed by atoms with Crippen molar-refractivity contribution in [3.8, 4) is 22.6 Å². The van der Waals surface area contributed by atoms with Gasteiger partial charge in [-0.05, 0) is 51.7 Å². The lowest BCUT2D eigenvalue weighted by Gasteiger charge is -2.20. The standard InChI is InChI=1S/C29H24O2/c1-20-18-27(31-19-21-10-4-3-5-11-21)29(25-15-9-8-13-23(20)25)28-24-14-7-6-12-22(24)16-17-26(28)30-2/h3-18H,19H2,1-2H3. The average molecular weight is 405 g/mol. The average Bonchev–Trinajstić information content (AvgIpc) is 2.83. The Balaban J connectivity index is 1.80. The van der Waals surface area contributed by atoms with E-state index in [9.17, 15) is 0 Å². The van der Waals surface area contributed by atoms with Gasteiger partial charge in [-0.25, -0.2) is 0 Å². The predicted molar refractivity (Wildman–Crippen MR) is 129 cm³/mol. The van der Waals surface area contributed by atoms with Gasteiger partial charge in [0.1, 0.15) is 18.1 Å². The number of hydrogen-bond donors (Lipinski definition) is 0. The molecule has 2 heteroatoms. The molecule has 0 radical (unpaired) electrons. The second-order valence-corrected chi connectivity index (χ2v) is 7.75. The van der Waals surface area contributed by atoms with Crippen LogP contribution < -0.4 is 9.47 Å². The van der Waals surface area contributed by atoms with E-state index in [0.717, 1.165) is 33.6 Å². The third-order valence-electron chi connectivity index (χ3n) is 5.81. The first-order valence-corrected chi connectivity index (χ1v) is 10.5. The van der Waals surface area contributed by atoms with E-state index in [1.165, 1.54) is 21.7 Å². The molecule has 0 spiro atoms. The molecule has 5 rings (SSSR count). The minimum Gasteiger partial charge on any atom is -0.496 e. The molecule has 0 fully saturated rings. The van der Waals surface area contributed by atoms with Gasteiger partial charge in [-0.15, -0.1) is 0 Å². The summed E-state index contributed by atoms with van der Waals surface area (Å²) in [6.45, 7) is 2.65. The molecule has 0 saturated carbocycles. The second-order valence-electron chi connectivity index (χ2n) is 7.75. The summed E-state index contributed by atoms with van der Waals surface area (Å²) >= 11 is 0. The van der Waals surface area contributed by atoms with E-state index in [1.807, 2.05) is 24.3 Å². The molecule has 0 amide bonds. The highest BCUT2D eigenvalue weighted by Crippen LogP contribution is 2.46. The van der Waals surface area contributed by atoms with E-state index in [2.05, 4.69) is 79.7 Å². The Bertz CT molecular complexity index is 1370. The van der Waals surface area contributed by atoms with E-state index in [-0.39, 0.29) is 0 Å². The monoisotopic (exact) mass is 404 g/mol. The van der Waals surface area contributed by atoms with Crippen molar-refractivity contribution in [2.24, 2.45) is 0 Å². The molecule has 0 unspecified atom stereocenters. The Morgan fingerprint density at radius 2 is 1.26 bits per heavy atom. The zero-order valence-corrected chi connectivity index (χ0v) is 17.8. The molecule has 2 nitrogen and oxygen atoms in total. The second kappa shape index (κ2) is 8.16. The molecule has 5 aromatic carbocycles. The van der Waals surface area contributed by atoms with Gasteiger partial charge in [0, 0.05) is 11.1 Å². The van der Waals surface area contributed by atoms with Crippen LogP contribution in [0, 0.1) is 6.92 Å². The highest BCUT2D eigenvalue weighted by molar-refractivity contribution is 6.10. The normalized spacial score (nSPS) is 11.0. The zero-order chi connectivity index (χ0) is 21.2. The lowest BCUT2D eigenvalue weighted by atomic mass is 9.90. The fourth-order valence-electron chi connectivity index (χ4n) is 4.31. The lowest BCUT2D eigenvalue weighted by molar-refractivity contribution is 0.307. The van der Waals surface area contributed by atoms with E-state index < -0.39 is 0 Å². The molecule has 5 aromatic rings. The molecule has 0 atom stereocenters. The fraction of sp³-hybridized carbons (Fsp3) is 0.103. The topological polar surface area (TPSA) is 18.5 Å². The third-order valence-corrected chi connectivity index (χ3v) is 5.81. The minimum absolute atomic E-state index is 0.513. The maximum atomic E-state index is 6.46. The van der Waals surface area contributed by atoms with Gasteiger partial charge < -0.3 is 9.47 Å². The molecule has 0 aliphatic carbocycles. The van der Waals surface area contributed by atoms with Gasteiger partial charge in [-0.3, -0.25) is 0 Å². The first-order valence-electron chi connectivity index (χ1n) is 10.5. The number of aryl methyl sites for hydroxylation is 1. The maximum absolute atomic E-state index is 6.46. The van der Waals surface area contributed by atoms with Crippen LogP contribution in [0.3, 0.4) is 0 Å². The molecule has 0 saturated heterocycles. The highest BCUT2D eigenvalue weighted by Gasteiger charge is 2.19. The molecule has 0 aromatic heterocycles. The van der Waals surface area contributed by atoms with Crippen LogP contribution in [-0.2, 0) is 6.61 Å². The first-order chi connectivity index (χ1) is 15.3. The summed E-state index contributed by atoms with van der Waals surface area (Å²) in [7, 11) is 1.73. The number of methoxy groups -OCH3 is 1. The van der Waals surface area contributed by atoms with Crippen LogP contribution in [0.4, 0.5) is 0 Å². The fourth-order valence-corrected chi connectivity index (χ4v) is 4.31. The van der Waals surface area contributed by atoms with Gasteiger partial charge in [-0.1, -0.05) is 84.9 Å². The summed E-state index contributed by atoms with van der Waals surface area (Å²) in [5.74, 6) is 1.71. The molecule has 0 aliphatic heterocycles. The largest absolute Gasteiger partial charge is 0.496 e. The van der Waals surface area contributed by atoms with Gasteiger partial charge in [0.15, 0.2) is 0 Å². The Hall–Kier alpha value is -3.78. The number of fused-ring (bicyclic) bond motifs is 2. The lowest BCUT2D eigenvalue weighted by Crippen LogP contribution is -2.00.